The summed E-state index contributed by atoms with van der Waals surface area (Å²) < 4.78 is 20.6. The first kappa shape index (κ1) is 17.8. The van der Waals surface area contributed by atoms with Crippen molar-refractivity contribution in [1.82, 2.24) is 14.9 Å². The fourth-order valence-corrected chi connectivity index (χ4v) is 3.07. The van der Waals surface area contributed by atoms with Crippen LogP contribution >= 0.6 is 0 Å². The number of anilines is 1. The van der Waals surface area contributed by atoms with Crippen molar-refractivity contribution in [2.24, 2.45) is 15.7 Å². The lowest BCUT2D eigenvalue weighted by Gasteiger charge is -2.22. The second kappa shape index (κ2) is 7.18. The van der Waals surface area contributed by atoms with E-state index < -0.39 is 6.29 Å². The number of halogens is 1. The average molecular weight is 381 g/mol. The molecule has 4 N–H and O–H groups in total. The molecule has 0 saturated carbocycles. The smallest absolute Gasteiger partial charge is 0.228 e. The molecule has 0 spiro atoms. The molecule has 0 aliphatic carbocycles. The van der Waals surface area contributed by atoms with Crippen LogP contribution in [-0.2, 0) is 6.42 Å². The number of ether oxygens (including phenoxy) is 1. The van der Waals surface area contributed by atoms with Gasteiger partial charge in [-0.2, -0.15) is 0 Å². The van der Waals surface area contributed by atoms with E-state index in [1.54, 1.807) is 13.2 Å². The highest BCUT2D eigenvalue weighted by atomic mass is 19.1. The van der Waals surface area contributed by atoms with Gasteiger partial charge in [-0.1, -0.05) is 6.92 Å². The van der Waals surface area contributed by atoms with Crippen molar-refractivity contribution >= 4 is 28.6 Å². The number of rotatable bonds is 4. The third-order valence-corrected chi connectivity index (χ3v) is 4.37. The van der Waals surface area contributed by atoms with Gasteiger partial charge in [0, 0.05) is 18.2 Å². The Morgan fingerprint density at radius 2 is 2.00 bits per heavy atom. The van der Waals surface area contributed by atoms with Gasteiger partial charge in [-0.05, 0) is 36.4 Å². The highest BCUT2D eigenvalue weighted by molar-refractivity contribution is 6.05. The topological polar surface area (TPSA) is 102 Å². The van der Waals surface area contributed by atoms with Crippen LogP contribution in [0.2, 0.25) is 0 Å². The predicted molar refractivity (Wildman–Crippen MR) is 107 cm³/mol. The summed E-state index contributed by atoms with van der Waals surface area (Å²) in [4.78, 5) is 13.5. The van der Waals surface area contributed by atoms with Crippen LogP contribution in [0, 0.1) is 5.82 Å². The van der Waals surface area contributed by atoms with E-state index in [0.717, 1.165) is 22.8 Å². The Kier molecular flexibility index (Phi) is 4.56. The highest BCUT2D eigenvalue weighted by Gasteiger charge is 2.22. The van der Waals surface area contributed by atoms with E-state index in [2.05, 4.69) is 25.6 Å². The number of methoxy groups -OCH3 is 1. The summed E-state index contributed by atoms with van der Waals surface area (Å²) in [5.74, 6) is 1.85. The molecule has 0 saturated heterocycles. The van der Waals surface area contributed by atoms with Crippen LogP contribution in [0.25, 0.3) is 11.0 Å². The summed E-state index contributed by atoms with van der Waals surface area (Å²) in [5.41, 5.74) is 8.10. The number of nitrogens with zero attached hydrogens (tertiary/aromatic N) is 4. The molecule has 28 heavy (non-hydrogen) atoms. The van der Waals surface area contributed by atoms with Crippen LogP contribution in [0.3, 0.4) is 0 Å². The molecular formula is C19H20FN7O. The summed E-state index contributed by atoms with van der Waals surface area (Å²) in [6, 6.07) is 11.9. The molecule has 9 heteroatoms. The first-order chi connectivity index (χ1) is 13.6. The molecule has 8 nitrogen and oxygen atoms in total. The van der Waals surface area contributed by atoms with Gasteiger partial charge in [0.25, 0.3) is 0 Å². The summed E-state index contributed by atoms with van der Waals surface area (Å²) in [5, 5.41) is 6.10. The van der Waals surface area contributed by atoms with Gasteiger partial charge in [-0.25, -0.2) is 19.4 Å². The zero-order valence-corrected chi connectivity index (χ0v) is 15.5. The third kappa shape index (κ3) is 3.34. The monoisotopic (exact) mass is 381 g/mol. The number of fused-ring (bicyclic) bond motifs is 1. The molecule has 0 bridgehead atoms. The van der Waals surface area contributed by atoms with Crippen molar-refractivity contribution in [3.63, 3.8) is 0 Å². The molecule has 1 aliphatic rings. The van der Waals surface area contributed by atoms with Gasteiger partial charge in [-0.3, -0.25) is 9.88 Å². The SMILES string of the molecule is CCc1nc2cc(F)ccc2n1C1N=C(N)NC(Nc2ccc(OC)cc2)=N1. The summed E-state index contributed by atoms with van der Waals surface area (Å²) in [7, 11) is 1.61. The van der Waals surface area contributed by atoms with E-state index in [-0.39, 0.29) is 11.8 Å². The van der Waals surface area contributed by atoms with E-state index in [0.29, 0.717) is 17.9 Å². The molecule has 0 radical (unpaired) electrons. The van der Waals surface area contributed by atoms with Crippen LogP contribution in [0.1, 0.15) is 19.0 Å². The van der Waals surface area contributed by atoms with Crippen LogP contribution in [-0.4, -0.2) is 28.6 Å². The number of aryl methyl sites for hydroxylation is 1. The van der Waals surface area contributed by atoms with Crippen molar-refractivity contribution in [1.29, 1.82) is 0 Å². The minimum atomic E-state index is -0.646. The molecular weight excluding hydrogens is 361 g/mol. The molecule has 2 heterocycles. The molecule has 3 aromatic rings. The van der Waals surface area contributed by atoms with E-state index in [1.165, 1.54) is 12.1 Å². The maximum Gasteiger partial charge on any atom is 0.228 e. The number of aromatic nitrogens is 2. The van der Waals surface area contributed by atoms with Crippen molar-refractivity contribution in [3.8, 4) is 5.75 Å². The Morgan fingerprint density at radius 3 is 2.71 bits per heavy atom. The summed E-state index contributed by atoms with van der Waals surface area (Å²) >= 11 is 0. The molecule has 0 fully saturated rings. The van der Waals surface area contributed by atoms with Crippen LogP contribution in [0.4, 0.5) is 10.1 Å². The third-order valence-electron chi connectivity index (χ3n) is 4.37. The van der Waals surface area contributed by atoms with Crippen molar-refractivity contribution < 1.29 is 9.13 Å². The van der Waals surface area contributed by atoms with E-state index in [4.69, 9.17) is 10.5 Å². The number of aliphatic imine (C=N–C) groups is 2. The van der Waals surface area contributed by atoms with Gasteiger partial charge in [0.05, 0.1) is 18.1 Å². The predicted octanol–water partition coefficient (Wildman–Crippen LogP) is 2.59. The molecule has 1 atom stereocenters. The largest absolute Gasteiger partial charge is 0.497 e. The summed E-state index contributed by atoms with van der Waals surface area (Å²) in [6.45, 7) is 1.97. The number of hydrogen-bond donors (Lipinski definition) is 3. The zero-order valence-electron chi connectivity index (χ0n) is 15.5. The van der Waals surface area contributed by atoms with Crippen LogP contribution < -0.4 is 21.1 Å². The Balaban J connectivity index is 1.70. The van der Waals surface area contributed by atoms with Crippen LogP contribution in [0.5, 0.6) is 5.75 Å². The average Bonchev–Trinajstić information content (AvgIpc) is 3.05. The van der Waals surface area contributed by atoms with Gasteiger partial charge in [0.15, 0.2) is 5.96 Å². The number of imidazole rings is 1. The first-order valence-corrected chi connectivity index (χ1v) is 8.83. The van der Waals surface area contributed by atoms with Crippen molar-refractivity contribution in [3.05, 3.63) is 54.1 Å². The zero-order chi connectivity index (χ0) is 19.7. The molecule has 1 aliphatic heterocycles. The van der Waals surface area contributed by atoms with Gasteiger partial charge in [0.2, 0.25) is 12.2 Å². The molecule has 2 aromatic carbocycles. The van der Waals surface area contributed by atoms with Gasteiger partial charge in [-0.15, -0.1) is 0 Å². The van der Waals surface area contributed by atoms with E-state index in [9.17, 15) is 4.39 Å². The lowest BCUT2D eigenvalue weighted by molar-refractivity contribution is 0.415. The first-order valence-electron chi connectivity index (χ1n) is 8.83. The Labute approximate surface area is 161 Å². The van der Waals surface area contributed by atoms with Crippen molar-refractivity contribution in [2.45, 2.75) is 19.6 Å². The number of benzene rings is 2. The fourth-order valence-electron chi connectivity index (χ4n) is 3.07. The van der Waals surface area contributed by atoms with E-state index in [1.807, 2.05) is 35.8 Å². The Bertz CT molecular complexity index is 1070. The fraction of sp³-hybridized carbons (Fsp3) is 0.211. The molecule has 4 rings (SSSR count). The lowest BCUT2D eigenvalue weighted by atomic mass is 10.3. The number of hydrogen-bond acceptors (Lipinski definition) is 7. The Morgan fingerprint density at radius 1 is 1.21 bits per heavy atom. The lowest BCUT2D eigenvalue weighted by Crippen LogP contribution is -2.44. The Hall–Kier alpha value is -3.62. The maximum atomic E-state index is 13.6. The molecule has 1 unspecified atom stereocenters. The maximum absolute atomic E-state index is 13.6. The normalized spacial score (nSPS) is 16.3. The van der Waals surface area contributed by atoms with E-state index >= 15 is 0 Å². The second-order valence-electron chi connectivity index (χ2n) is 6.20. The number of nitrogens with two attached hydrogens (primary N) is 1. The second-order valence-corrected chi connectivity index (χ2v) is 6.20. The van der Waals surface area contributed by atoms with Gasteiger partial charge < -0.3 is 15.8 Å². The molecule has 1 aromatic heterocycles. The standard InChI is InChI=1S/C19H20FN7O/c1-3-16-23-14-10-11(20)4-9-15(14)27(16)19-25-17(21)24-18(26-19)22-12-5-7-13(28-2)8-6-12/h4-10,19H,3H2,1-2H3,(H4,21,22,24,25,26). The molecule has 144 valence electrons. The van der Waals surface area contributed by atoms with Crippen molar-refractivity contribution in [2.75, 3.05) is 12.4 Å². The highest BCUT2D eigenvalue weighted by Crippen LogP contribution is 2.25. The van der Waals surface area contributed by atoms with Crippen LogP contribution in [0.15, 0.2) is 52.4 Å². The summed E-state index contributed by atoms with van der Waals surface area (Å²) in [6.07, 6.45) is -0.000665. The molecule has 0 amide bonds. The minimum Gasteiger partial charge on any atom is -0.497 e. The quantitative estimate of drug-likeness (QED) is 0.645. The number of guanidine groups is 2. The van der Waals surface area contributed by atoms with Gasteiger partial charge >= 0.3 is 0 Å². The number of nitrogens with one attached hydrogen (secondary N) is 2. The van der Waals surface area contributed by atoms with Gasteiger partial charge in [0.1, 0.15) is 17.4 Å². The minimum absolute atomic E-state index is 0.224.